The highest BCUT2D eigenvalue weighted by molar-refractivity contribution is 6.35. The number of rotatable bonds is 0. The van der Waals surface area contributed by atoms with Gasteiger partial charge in [0.15, 0.2) is 0 Å². The molecule has 0 bridgehead atoms. The summed E-state index contributed by atoms with van der Waals surface area (Å²) in [6.45, 7) is 0. The van der Waals surface area contributed by atoms with E-state index >= 15 is 0 Å². The average molecular weight is 336 g/mol. The standard InChI is InChI=1S/C24H16O2/c25-20-11-10-18-19(24(20)26)12-14-9-8-13-4-3-7-16-15-5-1-2-6-17(15)23(18)22(14)21(13)16/h1-12,20,24-26H. The number of benzene rings is 5. The lowest BCUT2D eigenvalue weighted by molar-refractivity contribution is 0.0472. The first-order valence-electron chi connectivity index (χ1n) is 8.90. The van der Waals surface area contributed by atoms with Gasteiger partial charge >= 0.3 is 0 Å². The fraction of sp³-hybridized carbons (Fsp3) is 0.0833. The molecule has 0 heterocycles. The van der Waals surface area contributed by atoms with Crippen LogP contribution in [0.3, 0.4) is 0 Å². The van der Waals surface area contributed by atoms with Crippen LogP contribution in [0.4, 0.5) is 0 Å². The van der Waals surface area contributed by atoms with E-state index in [-0.39, 0.29) is 0 Å². The quantitative estimate of drug-likeness (QED) is 0.303. The molecule has 0 saturated heterocycles. The zero-order chi connectivity index (χ0) is 17.4. The molecule has 2 N–H and O–H groups in total. The van der Waals surface area contributed by atoms with Crippen molar-refractivity contribution in [2.24, 2.45) is 0 Å². The monoisotopic (exact) mass is 336 g/mol. The summed E-state index contributed by atoms with van der Waals surface area (Å²) in [5.74, 6) is 0. The lowest BCUT2D eigenvalue weighted by atomic mass is 9.82. The zero-order valence-corrected chi connectivity index (χ0v) is 14.0. The molecule has 5 aromatic carbocycles. The van der Waals surface area contributed by atoms with E-state index in [1.807, 2.05) is 12.1 Å². The van der Waals surface area contributed by atoms with Crippen molar-refractivity contribution in [3.05, 3.63) is 77.9 Å². The van der Waals surface area contributed by atoms with Gasteiger partial charge in [-0.15, -0.1) is 0 Å². The summed E-state index contributed by atoms with van der Waals surface area (Å²) in [7, 11) is 0. The highest BCUT2D eigenvalue weighted by Gasteiger charge is 2.26. The molecule has 2 heteroatoms. The maximum atomic E-state index is 10.6. The predicted octanol–water partition coefficient (Wildman–Crippen LogP) is 5.16. The summed E-state index contributed by atoms with van der Waals surface area (Å²) in [6.07, 6.45) is 1.90. The molecule has 26 heavy (non-hydrogen) atoms. The lowest BCUT2D eigenvalue weighted by Crippen LogP contribution is -2.19. The molecule has 5 aromatic rings. The highest BCUT2D eigenvalue weighted by atomic mass is 16.3. The normalized spacial score (nSPS) is 19.8. The minimum absolute atomic E-state index is 0.802. The Morgan fingerprint density at radius 2 is 1.38 bits per heavy atom. The summed E-state index contributed by atoms with van der Waals surface area (Å²) in [6, 6.07) is 21.2. The number of hydrogen-bond donors (Lipinski definition) is 2. The SMILES string of the molecule is OC1C=Cc2c(cc3ccc4cccc5c6ccccc6c2c3c45)C1O. The molecule has 1 aliphatic carbocycles. The molecular formula is C24H16O2. The van der Waals surface area contributed by atoms with Crippen LogP contribution in [0.2, 0.25) is 0 Å². The van der Waals surface area contributed by atoms with Crippen LogP contribution in [0.25, 0.3) is 49.2 Å². The van der Waals surface area contributed by atoms with E-state index in [1.54, 1.807) is 6.08 Å². The summed E-state index contributed by atoms with van der Waals surface area (Å²) in [4.78, 5) is 0. The number of aliphatic hydroxyl groups excluding tert-OH is 2. The first-order valence-corrected chi connectivity index (χ1v) is 8.90. The molecule has 0 spiro atoms. The van der Waals surface area contributed by atoms with Gasteiger partial charge in [-0.2, -0.15) is 0 Å². The minimum atomic E-state index is -0.893. The highest BCUT2D eigenvalue weighted by Crippen LogP contribution is 2.45. The molecule has 0 aromatic heterocycles. The van der Waals surface area contributed by atoms with Crippen LogP contribution < -0.4 is 0 Å². The molecule has 2 nitrogen and oxygen atoms in total. The summed E-state index contributed by atoms with van der Waals surface area (Å²) >= 11 is 0. The van der Waals surface area contributed by atoms with Crippen LogP contribution >= 0.6 is 0 Å². The molecular weight excluding hydrogens is 320 g/mol. The van der Waals surface area contributed by atoms with Gasteiger partial charge in [0, 0.05) is 0 Å². The first-order chi connectivity index (χ1) is 12.7. The van der Waals surface area contributed by atoms with Crippen molar-refractivity contribution < 1.29 is 10.2 Å². The van der Waals surface area contributed by atoms with Gasteiger partial charge in [0.2, 0.25) is 0 Å². The van der Waals surface area contributed by atoms with Crippen LogP contribution in [-0.2, 0) is 0 Å². The van der Waals surface area contributed by atoms with Gasteiger partial charge in [0.1, 0.15) is 12.2 Å². The van der Waals surface area contributed by atoms with E-state index in [4.69, 9.17) is 0 Å². The Bertz CT molecular complexity index is 1360. The Hall–Kier alpha value is -2.94. The van der Waals surface area contributed by atoms with Crippen LogP contribution in [0.5, 0.6) is 0 Å². The van der Waals surface area contributed by atoms with Gasteiger partial charge < -0.3 is 10.2 Å². The van der Waals surface area contributed by atoms with E-state index < -0.39 is 12.2 Å². The second-order valence-corrected chi connectivity index (χ2v) is 7.16. The van der Waals surface area contributed by atoms with Crippen molar-refractivity contribution in [3.8, 4) is 0 Å². The Morgan fingerprint density at radius 3 is 2.27 bits per heavy atom. The maximum Gasteiger partial charge on any atom is 0.109 e. The summed E-state index contributed by atoms with van der Waals surface area (Å²) < 4.78 is 0. The van der Waals surface area contributed by atoms with Crippen molar-refractivity contribution in [1.29, 1.82) is 0 Å². The summed E-state index contributed by atoms with van der Waals surface area (Å²) in [5.41, 5.74) is 1.82. The van der Waals surface area contributed by atoms with E-state index in [0.717, 1.165) is 16.5 Å². The minimum Gasteiger partial charge on any atom is -0.386 e. The fourth-order valence-corrected chi connectivity index (χ4v) is 4.66. The van der Waals surface area contributed by atoms with Crippen LogP contribution in [0, 0.1) is 0 Å². The van der Waals surface area contributed by atoms with Crippen molar-refractivity contribution in [2.45, 2.75) is 12.2 Å². The second-order valence-electron chi connectivity index (χ2n) is 7.16. The third kappa shape index (κ3) is 1.63. The molecule has 0 fully saturated rings. The summed E-state index contributed by atoms with van der Waals surface area (Å²) in [5, 5.41) is 30.4. The zero-order valence-electron chi connectivity index (χ0n) is 14.0. The molecule has 2 unspecified atom stereocenters. The second kappa shape index (κ2) is 4.82. The van der Waals surface area contributed by atoms with Crippen LogP contribution in [-0.4, -0.2) is 16.3 Å². The topological polar surface area (TPSA) is 40.5 Å². The first kappa shape index (κ1) is 14.3. The van der Waals surface area contributed by atoms with Crippen LogP contribution in [0.15, 0.2) is 66.7 Å². The van der Waals surface area contributed by atoms with Gasteiger partial charge in [-0.3, -0.25) is 0 Å². The van der Waals surface area contributed by atoms with Gasteiger partial charge in [-0.25, -0.2) is 0 Å². The number of hydrogen-bond acceptors (Lipinski definition) is 2. The third-order valence-electron chi connectivity index (χ3n) is 5.81. The van der Waals surface area contributed by atoms with Crippen molar-refractivity contribution in [1.82, 2.24) is 0 Å². The van der Waals surface area contributed by atoms with Crippen molar-refractivity contribution in [2.75, 3.05) is 0 Å². The molecule has 0 saturated carbocycles. The Labute approximate surface area is 149 Å². The van der Waals surface area contributed by atoms with Gasteiger partial charge in [-0.1, -0.05) is 66.7 Å². The molecule has 0 amide bonds. The average Bonchev–Trinajstić information content (AvgIpc) is 2.69. The predicted molar refractivity (Wildman–Crippen MR) is 108 cm³/mol. The van der Waals surface area contributed by atoms with Gasteiger partial charge in [0.05, 0.1) is 0 Å². The number of fused-ring (bicyclic) bond motifs is 5. The Morgan fingerprint density at radius 1 is 0.654 bits per heavy atom. The fourth-order valence-electron chi connectivity index (χ4n) is 4.66. The smallest absolute Gasteiger partial charge is 0.109 e. The van der Waals surface area contributed by atoms with Crippen LogP contribution in [0.1, 0.15) is 17.2 Å². The van der Waals surface area contributed by atoms with E-state index in [1.165, 1.54) is 37.7 Å². The van der Waals surface area contributed by atoms with E-state index in [0.29, 0.717) is 0 Å². The van der Waals surface area contributed by atoms with Gasteiger partial charge in [0.25, 0.3) is 0 Å². The van der Waals surface area contributed by atoms with Crippen molar-refractivity contribution >= 4 is 49.2 Å². The van der Waals surface area contributed by atoms with E-state index in [9.17, 15) is 10.2 Å². The molecule has 0 radical (unpaired) electrons. The van der Waals surface area contributed by atoms with Gasteiger partial charge in [-0.05, 0) is 60.3 Å². The molecule has 0 aliphatic heterocycles. The van der Waals surface area contributed by atoms with Crippen molar-refractivity contribution in [3.63, 3.8) is 0 Å². The third-order valence-corrected chi connectivity index (χ3v) is 5.81. The molecule has 6 rings (SSSR count). The van der Waals surface area contributed by atoms with E-state index in [2.05, 4.69) is 54.6 Å². The molecule has 1 aliphatic rings. The Balaban J connectivity index is 2.01. The molecule has 2 atom stereocenters. The maximum absolute atomic E-state index is 10.6. The largest absolute Gasteiger partial charge is 0.386 e. The Kier molecular flexibility index (Phi) is 2.64. The number of aliphatic hydroxyl groups is 2. The molecule has 124 valence electrons. The lowest BCUT2D eigenvalue weighted by Gasteiger charge is -2.25.